The van der Waals surface area contributed by atoms with Crippen LogP contribution in [0.4, 0.5) is 5.13 Å². The third-order valence-electron chi connectivity index (χ3n) is 4.77. The Bertz CT molecular complexity index is 1190. The van der Waals surface area contributed by atoms with Gasteiger partial charge in [-0.15, -0.1) is 10.2 Å². The summed E-state index contributed by atoms with van der Waals surface area (Å²) in [6.45, 7) is 5.61. The van der Waals surface area contributed by atoms with Gasteiger partial charge < -0.3 is 4.74 Å². The van der Waals surface area contributed by atoms with E-state index in [9.17, 15) is 13.2 Å². The lowest BCUT2D eigenvalue weighted by atomic mass is 10.0. The Kier molecular flexibility index (Phi) is 7.04. The lowest BCUT2D eigenvalue weighted by Crippen LogP contribution is -2.28. The van der Waals surface area contributed by atoms with Crippen LogP contribution in [0.15, 0.2) is 46.8 Å². The van der Waals surface area contributed by atoms with Crippen molar-refractivity contribution in [2.75, 3.05) is 12.4 Å². The summed E-state index contributed by atoms with van der Waals surface area (Å²) in [5, 5.41) is 10.3. The highest BCUT2D eigenvalue weighted by atomic mass is 32.2. The second-order valence-electron chi connectivity index (χ2n) is 6.95. The van der Waals surface area contributed by atoms with Crippen molar-refractivity contribution in [1.82, 2.24) is 14.9 Å². The number of amides is 1. The summed E-state index contributed by atoms with van der Waals surface area (Å²) < 4.78 is 33.5. The summed E-state index contributed by atoms with van der Waals surface area (Å²) in [5.41, 5.74) is 3.03. The molecule has 10 heteroatoms. The van der Waals surface area contributed by atoms with E-state index in [4.69, 9.17) is 4.74 Å². The van der Waals surface area contributed by atoms with Crippen LogP contribution in [0.3, 0.4) is 0 Å². The molecule has 0 spiro atoms. The normalized spacial score (nSPS) is 12.4. The number of sulfonamides is 1. The molecule has 0 bridgehead atoms. The highest BCUT2D eigenvalue weighted by Gasteiger charge is 2.25. The average molecular weight is 461 g/mol. The zero-order valence-electron chi connectivity index (χ0n) is 17.7. The maximum atomic E-state index is 12.9. The second-order valence-corrected chi connectivity index (χ2v) is 9.82. The van der Waals surface area contributed by atoms with E-state index in [-0.39, 0.29) is 15.4 Å². The van der Waals surface area contributed by atoms with Crippen LogP contribution in [-0.4, -0.2) is 31.6 Å². The third kappa shape index (κ3) is 5.27. The Morgan fingerprint density at radius 1 is 1.13 bits per heavy atom. The van der Waals surface area contributed by atoms with Gasteiger partial charge in [-0.05, 0) is 49.1 Å². The molecule has 3 rings (SSSR count). The number of hydrogen-bond donors (Lipinski definition) is 2. The Balaban J connectivity index is 1.76. The van der Waals surface area contributed by atoms with E-state index in [1.807, 2.05) is 51.1 Å². The van der Waals surface area contributed by atoms with Crippen LogP contribution in [0.2, 0.25) is 0 Å². The molecule has 0 unspecified atom stereocenters. The van der Waals surface area contributed by atoms with Gasteiger partial charge in [0.05, 0.1) is 7.11 Å². The monoisotopic (exact) mass is 460 g/mol. The van der Waals surface area contributed by atoms with Crippen LogP contribution in [0, 0.1) is 13.8 Å². The number of aryl methyl sites for hydroxylation is 2. The van der Waals surface area contributed by atoms with E-state index in [0.717, 1.165) is 33.8 Å². The molecular formula is C21H24N4O4S2. The number of hydrogen-bond acceptors (Lipinski definition) is 7. The number of nitrogens with one attached hydrogen (secondary N) is 2. The van der Waals surface area contributed by atoms with Crippen LogP contribution in [0.5, 0.6) is 5.75 Å². The minimum Gasteiger partial charge on any atom is -0.496 e. The zero-order valence-corrected chi connectivity index (χ0v) is 19.3. The number of nitrogens with zero attached hydrogens (tertiary/aromatic N) is 2. The van der Waals surface area contributed by atoms with Crippen molar-refractivity contribution in [2.24, 2.45) is 0 Å². The van der Waals surface area contributed by atoms with Crippen molar-refractivity contribution in [3.05, 3.63) is 64.7 Å². The Hall–Kier alpha value is -2.82. The van der Waals surface area contributed by atoms with Crippen molar-refractivity contribution in [1.29, 1.82) is 0 Å². The highest BCUT2D eigenvalue weighted by molar-refractivity contribution is 7.91. The predicted octanol–water partition coefficient (Wildman–Crippen LogP) is 3.85. The molecule has 3 aromatic rings. The van der Waals surface area contributed by atoms with Gasteiger partial charge >= 0.3 is 0 Å². The van der Waals surface area contributed by atoms with E-state index >= 15 is 0 Å². The highest BCUT2D eigenvalue weighted by Crippen LogP contribution is 2.27. The largest absolute Gasteiger partial charge is 0.496 e. The van der Waals surface area contributed by atoms with E-state index in [1.165, 1.54) is 0 Å². The molecule has 1 heterocycles. The van der Waals surface area contributed by atoms with Gasteiger partial charge in [0.15, 0.2) is 0 Å². The van der Waals surface area contributed by atoms with Gasteiger partial charge in [0.1, 0.15) is 5.75 Å². The van der Waals surface area contributed by atoms with Gasteiger partial charge in [-0.25, -0.2) is 13.1 Å². The van der Waals surface area contributed by atoms with Crippen molar-refractivity contribution in [3.63, 3.8) is 0 Å². The van der Waals surface area contributed by atoms with Crippen molar-refractivity contribution in [3.8, 4) is 5.75 Å². The summed E-state index contributed by atoms with van der Waals surface area (Å²) in [4.78, 5) is 12.4. The van der Waals surface area contributed by atoms with Crippen LogP contribution in [0.1, 0.15) is 46.4 Å². The van der Waals surface area contributed by atoms with Gasteiger partial charge in [0.25, 0.3) is 15.9 Å². The fourth-order valence-electron chi connectivity index (χ4n) is 3.10. The molecule has 8 nitrogen and oxygen atoms in total. The van der Waals surface area contributed by atoms with E-state index in [0.29, 0.717) is 12.0 Å². The summed E-state index contributed by atoms with van der Waals surface area (Å²) >= 11 is 0.801. The lowest BCUT2D eigenvalue weighted by molar-refractivity contribution is 0.102. The Labute approximate surface area is 185 Å². The van der Waals surface area contributed by atoms with Crippen molar-refractivity contribution >= 4 is 32.4 Å². The molecule has 1 atom stereocenters. The van der Waals surface area contributed by atoms with E-state index in [2.05, 4.69) is 20.2 Å². The molecule has 0 saturated heterocycles. The first-order chi connectivity index (χ1) is 14.7. The minimum atomic E-state index is -3.92. The molecule has 0 aliphatic rings. The molecular weight excluding hydrogens is 436 g/mol. The second kappa shape index (κ2) is 9.54. The lowest BCUT2D eigenvalue weighted by Gasteiger charge is -2.17. The Morgan fingerprint density at radius 2 is 1.87 bits per heavy atom. The molecule has 0 saturated carbocycles. The SMILES string of the molecule is CC[C@@H](NS(=O)(=O)c1nnc(NC(=O)c2ccccc2C)s1)c1ccc(OC)c(C)c1. The van der Waals surface area contributed by atoms with Gasteiger partial charge in [-0.3, -0.25) is 10.1 Å². The standard InChI is InChI=1S/C21H24N4O4S2/c1-5-17(15-10-11-18(29-4)14(3)12-15)25-31(27,28)21-24-23-20(30-21)22-19(26)16-9-7-6-8-13(16)2/h6-12,17,25H,5H2,1-4H3,(H,22,23,26)/t17-/m1/s1. The topological polar surface area (TPSA) is 110 Å². The van der Waals surface area contributed by atoms with Crippen molar-refractivity contribution < 1.29 is 17.9 Å². The first kappa shape index (κ1) is 22.9. The quantitative estimate of drug-likeness (QED) is 0.494. The summed E-state index contributed by atoms with van der Waals surface area (Å²) in [5.74, 6) is 0.367. The van der Waals surface area contributed by atoms with Crippen molar-refractivity contribution in [2.45, 2.75) is 37.6 Å². The number of ether oxygens (including phenoxy) is 1. The molecule has 0 aliphatic carbocycles. The van der Waals surface area contributed by atoms with Gasteiger partial charge in [0.2, 0.25) is 9.47 Å². The maximum absolute atomic E-state index is 12.9. The molecule has 2 aromatic carbocycles. The number of rotatable bonds is 8. The fourth-order valence-corrected chi connectivity index (χ4v) is 5.32. The molecule has 2 N–H and O–H groups in total. The van der Waals surface area contributed by atoms with E-state index < -0.39 is 16.1 Å². The number of anilines is 1. The first-order valence-corrected chi connectivity index (χ1v) is 11.9. The average Bonchev–Trinajstić information content (AvgIpc) is 3.21. The number of carbonyl (C=O) groups excluding carboxylic acids is 1. The molecule has 31 heavy (non-hydrogen) atoms. The number of carbonyl (C=O) groups is 1. The molecule has 0 radical (unpaired) electrons. The number of benzene rings is 2. The Morgan fingerprint density at radius 3 is 2.52 bits per heavy atom. The van der Waals surface area contributed by atoms with Crippen LogP contribution >= 0.6 is 11.3 Å². The molecule has 0 aliphatic heterocycles. The summed E-state index contributed by atoms with van der Waals surface area (Å²) in [6.07, 6.45) is 0.542. The number of aromatic nitrogens is 2. The van der Waals surface area contributed by atoms with Gasteiger partial charge in [-0.2, -0.15) is 0 Å². The fraction of sp³-hybridized carbons (Fsp3) is 0.286. The minimum absolute atomic E-state index is 0.113. The van der Waals surface area contributed by atoms with Crippen LogP contribution in [0.25, 0.3) is 0 Å². The van der Waals surface area contributed by atoms with Gasteiger partial charge in [-0.1, -0.05) is 48.6 Å². The molecule has 164 valence electrons. The molecule has 0 fully saturated rings. The maximum Gasteiger partial charge on any atom is 0.270 e. The zero-order chi connectivity index (χ0) is 22.6. The van der Waals surface area contributed by atoms with Gasteiger partial charge in [0, 0.05) is 11.6 Å². The summed E-state index contributed by atoms with van der Waals surface area (Å²) in [7, 11) is -2.33. The molecule has 1 amide bonds. The first-order valence-electron chi connectivity index (χ1n) is 9.62. The molecule has 1 aromatic heterocycles. The third-order valence-corrected chi connectivity index (χ3v) is 7.45. The summed E-state index contributed by atoms with van der Waals surface area (Å²) in [6, 6.07) is 12.2. The van der Waals surface area contributed by atoms with Crippen LogP contribution in [-0.2, 0) is 10.0 Å². The number of methoxy groups -OCH3 is 1. The predicted molar refractivity (Wildman–Crippen MR) is 120 cm³/mol. The van der Waals surface area contributed by atoms with E-state index in [1.54, 1.807) is 19.2 Å². The van der Waals surface area contributed by atoms with Crippen LogP contribution < -0.4 is 14.8 Å². The smallest absolute Gasteiger partial charge is 0.270 e.